The largest absolute Gasteiger partial charge is 0.478 e. The fourth-order valence-corrected chi connectivity index (χ4v) is 2.80. The van der Waals surface area contributed by atoms with Gasteiger partial charge in [0.25, 0.3) is 0 Å². The lowest BCUT2D eigenvalue weighted by atomic mass is 9.81. The van der Waals surface area contributed by atoms with Gasteiger partial charge in [-0.1, -0.05) is 0 Å². The van der Waals surface area contributed by atoms with E-state index in [1.165, 1.54) is 0 Å². The number of aromatic carboxylic acids is 4. The van der Waals surface area contributed by atoms with Crippen LogP contribution in [0.3, 0.4) is 0 Å². The molecule has 0 aliphatic rings. The number of rotatable bonds is 8. The van der Waals surface area contributed by atoms with E-state index in [0.717, 1.165) is 0 Å². The van der Waals surface area contributed by atoms with E-state index in [0.29, 0.717) is 0 Å². The van der Waals surface area contributed by atoms with E-state index in [9.17, 15) is 83.5 Å². The first-order valence-electron chi connectivity index (χ1n) is 8.01. The summed E-state index contributed by atoms with van der Waals surface area (Å²) in [6.45, 7) is 0. The van der Waals surface area contributed by atoms with Crippen LogP contribution in [-0.2, 0) is 12.8 Å². The molecule has 1 aromatic carbocycles. The summed E-state index contributed by atoms with van der Waals surface area (Å²) < 4.78 is 130. The van der Waals surface area contributed by atoms with E-state index in [4.69, 9.17) is 0 Å². The molecule has 34 heavy (non-hydrogen) atoms. The van der Waals surface area contributed by atoms with Crippen LogP contribution in [0.2, 0.25) is 0 Å². The highest BCUT2D eigenvalue weighted by Crippen LogP contribution is 2.44. The molecular formula is C16H8F10O8. The highest BCUT2D eigenvalue weighted by molar-refractivity contribution is 6.12. The van der Waals surface area contributed by atoms with Gasteiger partial charge in [-0.2, -0.15) is 43.9 Å². The van der Waals surface area contributed by atoms with Gasteiger partial charge in [-0.05, 0) is 11.1 Å². The summed E-state index contributed by atoms with van der Waals surface area (Å²) in [6.07, 6.45) is -19.1. The van der Waals surface area contributed by atoms with Crippen molar-refractivity contribution >= 4 is 23.9 Å². The molecule has 0 heterocycles. The molecule has 0 saturated heterocycles. The summed E-state index contributed by atoms with van der Waals surface area (Å²) in [5.41, 5.74) is -13.9. The third kappa shape index (κ3) is 5.14. The predicted octanol–water partition coefficient (Wildman–Crippen LogP) is 3.96. The molecule has 190 valence electrons. The van der Waals surface area contributed by atoms with Crippen molar-refractivity contribution in [1.29, 1.82) is 0 Å². The predicted molar refractivity (Wildman–Crippen MR) is 83.7 cm³/mol. The average Bonchev–Trinajstić information content (AvgIpc) is 2.58. The summed E-state index contributed by atoms with van der Waals surface area (Å²) >= 11 is 0. The molecule has 18 heteroatoms. The number of halogens is 10. The molecule has 4 N–H and O–H groups in total. The maximum Gasteiger partial charge on any atom is 0.453 e. The number of hydrogen-bond acceptors (Lipinski definition) is 4. The van der Waals surface area contributed by atoms with Gasteiger partial charge in [-0.25, -0.2) is 19.2 Å². The van der Waals surface area contributed by atoms with E-state index in [1.807, 2.05) is 0 Å². The van der Waals surface area contributed by atoms with Gasteiger partial charge in [0, 0.05) is 12.8 Å². The van der Waals surface area contributed by atoms with Gasteiger partial charge in [0.2, 0.25) is 0 Å². The Bertz CT molecular complexity index is 919. The van der Waals surface area contributed by atoms with Gasteiger partial charge >= 0.3 is 48.1 Å². The van der Waals surface area contributed by atoms with Crippen molar-refractivity contribution in [2.45, 2.75) is 37.0 Å². The molecule has 0 atom stereocenters. The van der Waals surface area contributed by atoms with Gasteiger partial charge in [0.05, 0.1) is 22.3 Å². The molecule has 0 unspecified atom stereocenters. The van der Waals surface area contributed by atoms with Crippen LogP contribution < -0.4 is 0 Å². The first-order chi connectivity index (χ1) is 15.0. The molecular weight excluding hydrogens is 510 g/mol. The Hall–Kier alpha value is -3.60. The maximum absolute atomic E-state index is 13.6. The third-order valence-electron chi connectivity index (χ3n) is 4.19. The zero-order chi connectivity index (χ0) is 27.2. The highest BCUT2D eigenvalue weighted by Gasteiger charge is 2.60. The van der Waals surface area contributed by atoms with Crippen LogP contribution in [0, 0.1) is 0 Å². The van der Waals surface area contributed by atoms with Crippen molar-refractivity contribution in [3.63, 3.8) is 0 Å². The normalized spacial score (nSPS) is 13.0. The van der Waals surface area contributed by atoms with Crippen molar-refractivity contribution in [3.05, 3.63) is 33.4 Å². The van der Waals surface area contributed by atoms with Crippen LogP contribution in [0.4, 0.5) is 43.9 Å². The molecule has 0 spiro atoms. The zero-order valence-corrected chi connectivity index (χ0v) is 15.6. The topological polar surface area (TPSA) is 149 Å². The standard InChI is InChI=1S/C16H8F10O8/c17-13(18,15(21,22)23)1-3-5(9(27)28)7(11(31)32)4(2-14(19,20)16(24,25)26)8(12(33)34)6(3)10(29)30/h1-2H2,(H,27,28)(H,29,30)(H,31,32)(H,33,34). The lowest BCUT2D eigenvalue weighted by Gasteiger charge is -2.26. The third-order valence-corrected chi connectivity index (χ3v) is 4.19. The van der Waals surface area contributed by atoms with Crippen molar-refractivity contribution < 1.29 is 83.5 Å². The molecule has 0 fully saturated rings. The van der Waals surface area contributed by atoms with Crippen LogP contribution >= 0.6 is 0 Å². The molecule has 0 radical (unpaired) electrons. The fraction of sp³-hybridized carbons (Fsp3) is 0.375. The number of carbonyl (C=O) groups is 4. The SMILES string of the molecule is O=C(O)c1c(CC(F)(F)C(F)(F)F)c(C(=O)O)c(C(=O)O)c(CC(F)(F)C(F)(F)F)c1C(=O)O. The van der Waals surface area contributed by atoms with E-state index in [2.05, 4.69) is 0 Å². The molecule has 0 bridgehead atoms. The van der Waals surface area contributed by atoms with Crippen LogP contribution in [0.15, 0.2) is 0 Å². The minimum absolute atomic E-state index is 2.28. The molecule has 0 aliphatic heterocycles. The number of carboxylic acid groups (broad SMARTS) is 4. The Labute approximate surface area is 179 Å². The number of benzene rings is 1. The summed E-state index contributed by atoms with van der Waals surface area (Å²) in [6, 6.07) is 0. The second-order valence-corrected chi connectivity index (χ2v) is 6.44. The number of hydrogen-bond donors (Lipinski definition) is 4. The average molecular weight is 518 g/mol. The van der Waals surface area contributed by atoms with Gasteiger partial charge in [0.1, 0.15) is 0 Å². The number of alkyl halides is 10. The van der Waals surface area contributed by atoms with Crippen LogP contribution in [0.25, 0.3) is 0 Å². The maximum atomic E-state index is 13.6. The van der Waals surface area contributed by atoms with Gasteiger partial charge in [-0.3, -0.25) is 0 Å². The summed E-state index contributed by atoms with van der Waals surface area (Å²) in [5.74, 6) is -23.4. The molecule has 0 aliphatic carbocycles. The van der Waals surface area contributed by atoms with E-state index in [1.54, 1.807) is 0 Å². The Kier molecular flexibility index (Phi) is 7.22. The van der Waals surface area contributed by atoms with E-state index >= 15 is 0 Å². The lowest BCUT2D eigenvalue weighted by Crippen LogP contribution is -2.41. The lowest BCUT2D eigenvalue weighted by molar-refractivity contribution is -0.281. The zero-order valence-electron chi connectivity index (χ0n) is 15.6. The summed E-state index contributed by atoms with van der Waals surface area (Å²) in [4.78, 5) is 46.1. The molecule has 0 aromatic heterocycles. The van der Waals surface area contributed by atoms with Gasteiger partial charge in [-0.15, -0.1) is 0 Å². The van der Waals surface area contributed by atoms with Crippen molar-refractivity contribution in [3.8, 4) is 0 Å². The minimum Gasteiger partial charge on any atom is -0.478 e. The fourth-order valence-electron chi connectivity index (χ4n) is 2.80. The van der Waals surface area contributed by atoms with Gasteiger partial charge in [0.15, 0.2) is 0 Å². The Morgan fingerprint density at radius 2 is 0.647 bits per heavy atom. The Morgan fingerprint density at radius 1 is 0.471 bits per heavy atom. The number of carboxylic acids is 4. The molecule has 8 nitrogen and oxygen atoms in total. The molecule has 0 amide bonds. The van der Waals surface area contributed by atoms with Crippen molar-refractivity contribution in [1.82, 2.24) is 0 Å². The van der Waals surface area contributed by atoms with Crippen LogP contribution in [-0.4, -0.2) is 68.5 Å². The second kappa shape index (κ2) is 8.64. The quantitative estimate of drug-likeness (QED) is 0.378. The highest BCUT2D eigenvalue weighted by atomic mass is 19.4. The van der Waals surface area contributed by atoms with E-state index in [-0.39, 0.29) is 0 Å². The first-order valence-corrected chi connectivity index (χ1v) is 8.01. The Morgan fingerprint density at radius 3 is 0.765 bits per heavy atom. The van der Waals surface area contributed by atoms with Crippen molar-refractivity contribution in [2.75, 3.05) is 0 Å². The summed E-state index contributed by atoms with van der Waals surface area (Å²) in [7, 11) is 0. The van der Waals surface area contributed by atoms with Crippen LogP contribution in [0.1, 0.15) is 52.6 Å². The summed E-state index contributed by atoms with van der Waals surface area (Å²) in [5, 5.41) is 36.7. The van der Waals surface area contributed by atoms with E-state index < -0.39 is 94.3 Å². The van der Waals surface area contributed by atoms with Crippen molar-refractivity contribution in [2.24, 2.45) is 0 Å². The molecule has 1 aromatic rings. The Balaban J connectivity index is 4.42. The molecule has 0 saturated carbocycles. The minimum atomic E-state index is -6.53. The van der Waals surface area contributed by atoms with Gasteiger partial charge < -0.3 is 20.4 Å². The smallest absolute Gasteiger partial charge is 0.453 e. The second-order valence-electron chi connectivity index (χ2n) is 6.44. The first kappa shape index (κ1) is 28.4. The van der Waals surface area contributed by atoms with Crippen LogP contribution in [0.5, 0.6) is 0 Å². The monoisotopic (exact) mass is 518 g/mol. The molecule has 1 rings (SSSR count).